The van der Waals surface area contributed by atoms with E-state index in [9.17, 15) is 8.42 Å². The number of ether oxygens (including phenoxy) is 2. The second-order valence-electron chi connectivity index (χ2n) is 5.19. The van der Waals surface area contributed by atoms with Crippen LogP contribution in [0.25, 0.3) is 0 Å². The van der Waals surface area contributed by atoms with Crippen molar-refractivity contribution in [3.05, 3.63) is 16.6 Å². The molecule has 1 aliphatic heterocycles. The van der Waals surface area contributed by atoms with Crippen molar-refractivity contribution in [2.75, 3.05) is 34.4 Å². The number of halogens is 1. The fourth-order valence-electron chi connectivity index (χ4n) is 2.34. The van der Waals surface area contributed by atoms with Crippen molar-refractivity contribution in [2.24, 2.45) is 0 Å². The molecule has 2 rings (SSSR count). The summed E-state index contributed by atoms with van der Waals surface area (Å²) in [4.78, 5) is 2.13. The van der Waals surface area contributed by atoms with E-state index in [2.05, 4.69) is 20.8 Å². The van der Waals surface area contributed by atoms with Crippen molar-refractivity contribution in [2.45, 2.75) is 23.8 Å². The lowest BCUT2D eigenvalue weighted by Crippen LogP contribution is -2.35. The van der Waals surface area contributed by atoms with E-state index in [1.807, 2.05) is 7.05 Å². The third-order valence-corrected chi connectivity index (χ3v) is 5.64. The number of benzene rings is 1. The molecule has 1 aromatic carbocycles. The summed E-state index contributed by atoms with van der Waals surface area (Å²) >= 11 is 3.31. The van der Waals surface area contributed by atoms with E-state index in [-0.39, 0.29) is 16.7 Å². The van der Waals surface area contributed by atoms with Gasteiger partial charge < -0.3 is 14.4 Å². The number of hydrogen-bond acceptors (Lipinski definition) is 6. The first-order chi connectivity index (χ1) is 10.4. The average Bonchev–Trinajstić information content (AvgIpc) is 2.48. The minimum absolute atomic E-state index is 0.0195. The molecule has 1 heterocycles. The van der Waals surface area contributed by atoms with Gasteiger partial charge >= 0.3 is 10.1 Å². The molecule has 6 nitrogen and oxygen atoms in total. The zero-order valence-electron chi connectivity index (χ0n) is 12.8. The summed E-state index contributed by atoms with van der Waals surface area (Å²) in [6.45, 7) is 1.64. The Morgan fingerprint density at radius 3 is 2.27 bits per heavy atom. The lowest BCUT2D eigenvalue weighted by molar-refractivity contribution is 0.119. The molecule has 0 amide bonds. The molecule has 0 atom stereocenters. The van der Waals surface area contributed by atoms with E-state index >= 15 is 0 Å². The molecule has 0 saturated carbocycles. The number of hydrogen-bond donors (Lipinski definition) is 0. The van der Waals surface area contributed by atoms with E-state index in [4.69, 9.17) is 13.7 Å². The third kappa shape index (κ3) is 3.92. The number of nitrogens with zero attached hydrogens (tertiary/aromatic N) is 1. The molecule has 1 aliphatic rings. The van der Waals surface area contributed by atoms with Crippen LogP contribution in [0.15, 0.2) is 21.5 Å². The van der Waals surface area contributed by atoms with E-state index in [1.54, 1.807) is 6.07 Å². The molecule has 124 valence electrons. The zero-order chi connectivity index (χ0) is 16.3. The maximum Gasteiger partial charge on any atom is 0.301 e. The minimum atomic E-state index is -3.91. The highest BCUT2D eigenvalue weighted by atomic mass is 79.9. The molecule has 0 N–H and O–H groups in total. The second-order valence-corrected chi connectivity index (χ2v) is 7.59. The minimum Gasteiger partial charge on any atom is -0.496 e. The van der Waals surface area contributed by atoms with Gasteiger partial charge in [-0.25, -0.2) is 0 Å². The summed E-state index contributed by atoms with van der Waals surface area (Å²) in [6, 6.07) is 2.97. The van der Waals surface area contributed by atoms with Gasteiger partial charge in [0.25, 0.3) is 0 Å². The normalized spacial score (nSPS) is 17.5. The number of piperidine rings is 1. The van der Waals surface area contributed by atoms with Crippen molar-refractivity contribution in [1.82, 2.24) is 4.90 Å². The molecular weight excluding hydrogens is 374 g/mol. The number of likely N-dealkylation sites (tertiary alicyclic amines) is 1. The highest BCUT2D eigenvalue weighted by Crippen LogP contribution is 2.36. The van der Waals surface area contributed by atoms with Gasteiger partial charge in [0.1, 0.15) is 16.4 Å². The van der Waals surface area contributed by atoms with Crippen LogP contribution in [0.3, 0.4) is 0 Å². The van der Waals surface area contributed by atoms with Gasteiger partial charge in [0, 0.05) is 19.2 Å². The van der Waals surface area contributed by atoms with Crippen molar-refractivity contribution >= 4 is 26.0 Å². The summed E-state index contributed by atoms with van der Waals surface area (Å²) in [7, 11) is 0.986. The topological polar surface area (TPSA) is 65.1 Å². The first kappa shape index (κ1) is 17.5. The van der Waals surface area contributed by atoms with Gasteiger partial charge in [-0.3, -0.25) is 4.18 Å². The summed E-state index contributed by atoms with van der Waals surface area (Å²) in [5.41, 5.74) is 0. The molecule has 1 aromatic rings. The van der Waals surface area contributed by atoms with Crippen LogP contribution in [-0.4, -0.2) is 53.8 Å². The maximum atomic E-state index is 12.6. The molecular formula is C14H20BrNO5S. The quantitative estimate of drug-likeness (QED) is 0.714. The largest absolute Gasteiger partial charge is 0.496 e. The van der Waals surface area contributed by atoms with Crippen molar-refractivity contribution in [3.63, 3.8) is 0 Å². The van der Waals surface area contributed by atoms with Crippen LogP contribution in [0.5, 0.6) is 11.5 Å². The van der Waals surface area contributed by atoms with Gasteiger partial charge in [-0.1, -0.05) is 0 Å². The van der Waals surface area contributed by atoms with Crippen LogP contribution in [0.1, 0.15) is 12.8 Å². The molecule has 0 unspecified atom stereocenters. The predicted octanol–water partition coefficient (Wildman–Crippen LogP) is 2.27. The van der Waals surface area contributed by atoms with Crippen LogP contribution < -0.4 is 9.47 Å². The van der Waals surface area contributed by atoms with E-state index in [1.165, 1.54) is 20.3 Å². The van der Waals surface area contributed by atoms with E-state index in [0.717, 1.165) is 13.1 Å². The molecule has 1 saturated heterocycles. The Bertz CT molecular complexity index is 626. The van der Waals surface area contributed by atoms with Crippen LogP contribution >= 0.6 is 15.9 Å². The predicted molar refractivity (Wildman–Crippen MR) is 86.0 cm³/mol. The van der Waals surface area contributed by atoms with Gasteiger partial charge in [0.15, 0.2) is 0 Å². The molecule has 0 radical (unpaired) electrons. The lowest BCUT2D eigenvalue weighted by atomic mass is 10.1. The molecule has 8 heteroatoms. The fourth-order valence-corrected chi connectivity index (χ4v) is 4.12. The molecule has 0 bridgehead atoms. The first-order valence-corrected chi connectivity index (χ1v) is 9.11. The van der Waals surface area contributed by atoms with Gasteiger partial charge in [-0.15, -0.1) is 0 Å². The van der Waals surface area contributed by atoms with Gasteiger partial charge in [0.05, 0.1) is 24.8 Å². The van der Waals surface area contributed by atoms with Crippen LogP contribution in [0.2, 0.25) is 0 Å². The summed E-state index contributed by atoms with van der Waals surface area (Å²) in [6.07, 6.45) is 1.07. The van der Waals surface area contributed by atoms with Gasteiger partial charge in [-0.2, -0.15) is 8.42 Å². The van der Waals surface area contributed by atoms with E-state index in [0.29, 0.717) is 23.1 Å². The average molecular weight is 394 g/mol. The molecule has 0 spiro atoms. The number of rotatable bonds is 5. The van der Waals surface area contributed by atoms with Crippen molar-refractivity contribution < 1.29 is 22.1 Å². The Morgan fingerprint density at radius 2 is 1.73 bits per heavy atom. The van der Waals surface area contributed by atoms with Crippen LogP contribution in [0.4, 0.5) is 0 Å². The molecule has 1 fully saturated rings. The summed E-state index contributed by atoms with van der Waals surface area (Å²) in [5, 5.41) is 0. The molecule has 0 aliphatic carbocycles. The Morgan fingerprint density at radius 1 is 1.14 bits per heavy atom. The SMILES string of the molecule is COc1cc(S(=O)(=O)OC2CCN(C)CC2)c(OC)cc1Br. The second kappa shape index (κ2) is 7.16. The molecule has 0 aromatic heterocycles. The summed E-state index contributed by atoms with van der Waals surface area (Å²) in [5.74, 6) is 0.631. The summed E-state index contributed by atoms with van der Waals surface area (Å²) < 4.78 is 41.4. The Kier molecular flexibility index (Phi) is 5.70. The van der Waals surface area contributed by atoms with Gasteiger partial charge in [-0.05, 0) is 41.9 Å². The maximum absolute atomic E-state index is 12.6. The van der Waals surface area contributed by atoms with E-state index < -0.39 is 10.1 Å². The fraction of sp³-hybridized carbons (Fsp3) is 0.571. The third-order valence-electron chi connectivity index (χ3n) is 3.64. The Hall–Kier alpha value is -0.830. The highest BCUT2D eigenvalue weighted by molar-refractivity contribution is 9.10. The lowest BCUT2D eigenvalue weighted by Gasteiger charge is -2.28. The monoisotopic (exact) mass is 393 g/mol. The highest BCUT2D eigenvalue weighted by Gasteiger charge is 2.28. The van der Waals surface area contributed by atoms with Crippen LogP contribution in [0, 0.1) is 0 Å². The Balaban J connectivity index is 2.28. The van der Waals surface area contributed by atoms with Gasteiger partial charge in [0.2, 0.25) is 0 Å². The smallest absolute Gasteiger partial charge is 0.301 e. The molecule has 22 heavy (non-hydrogen) atoms. The number of methoxy groups -OCH3 is 2. The zero-order valence-corrected chi connectivity index (χ0v) is 15.2. The van der Waals surface area contributed by atoms with Crippen molar-refractivity contribution in [1.29, 1.82) is 0 Å². The Labute approximate surface area is 139 Å². The standard InChI is InChI=1S/C14H20BrNO5S/c1-16-6-4-10(5-7-16)21-22(17,18)14-9-12(19-2)11(15)8-13(14)20-3/h8-10H,4-7H2,1-3H3. The first-order valence-electron chi connectivity index (χ1n) is 6.90. The van der Waals surface area contributed by atoms with Crippen LogP contribution in [-0.2, 0) is 14.3 Å². The van der Waals surface area contributed by atoms with Crippen molar-refractivity contribution in [3.8, 4) is 11.5 Å².